The number of carbonyl (C=O) groups is 1. The van der Waals surface area contributed by atoms with Crippen LogP contribution in [0.4, 0.5) is 13.2 Å². The number of alkyl halides is 4. The minimum Gasteiger partial charge on any atom is -0.332 e. The van der Waals surface area contributed by atoms with Gasteiger partial charge in [0, 0.05) is 18.3 Å². The van der Waals surface area contributed by atoms with Gasteiger partial charge in [-0.2, -0.15) is 13.2 Å². The van der Waals surface area contributed by atoms with E-state index in [1.807, 2.05) is 6.92 Å². The van der Waals surface area contributed by atoms with E-state index < -0.39 is 18.6 Å². The highest BCUT2D eigenvalue weighted by atomic mass is 35.5. The second-order valence-electron chi connectivity index (χ2n) is 3.88. The van der Waals surface area contributed by atoms with E-state index in [1.165, 1.54) is 0 Å². The molecule has 6 heteroatoms. The van der Waals surface area contributed by atoms with E-state index >= 15 is 0 Å². The van der Waals surface area contributed by atoms with Gasteiger partial charge in [0.2, 0.25) is 5.91 Å². The van der Waals surface area contributed by atoms with Crippen molar-refractivity contribution in [2.75, 3.05) is 19.0 Å². The number of nitrogens with zero attached hydrogens (tertiary/aromatic N) is 1. The smallest absolute Gasteiger partial charge is 0.332 e. The van der Waals surface area contributed by atoms with Gasteiger partial charge >= 0.3 is 6.18 Å². The highest BCUT2D eigenvalue weighted by molar-refractivity contribution is 6.18. The van der Waals surface area contributed by atoms with Gasteiger partial charge in [0.15, 0.2) is 0 Å². The summed E-state index contributed by atoms with van der Waals surface area (Å²) in [6, 6.07) is 0. The lowest BCUT2D eigenvalue weighted by molar-refractivity contribution is -0.161. The van der Waals surface area contributed by atoms with E-state index in [0.717, 1.165) is 4.90 Å². The Bertz CT molecular complexity index is 244. The second-order valence-corrected chi connectivity index (χ2v) is 4.26. The zero-order valence-electron chi connectivity index (χ0n) is 8.35. The first-order chi connectivity index (χ1) is 6.85. The predicted molar refractivity (Wildman–Crippen MR) is 50.6 cm³/mol. The third kappa shape index (κ3) is 3.89. The molecule has 1 rings (SSSR count). The van der Waals surface area contributed by atoms with Crippen LogP contribution in [0.25, 0.3) is 0 Å². The van der Waals surface area contributed by atoms with Crippen LogP contribution < -0.4 is 0 Å². The molecule has 1 aliphatic carbocycles. The van der Waals surface area contributed by atoms with Gasteiger partial charge in [-0.25, -0.2) is 0 Å². The van der Waals surface area contributed by atoms with E-state index in [4.69, 9.17) is 11.6 Å². The molecule has 0 radical (unpaired) electrons. The molecule has 0 N–H and O–H groups in total. The molecule has 2 unspecified atom stereocenters. The molecule has 2 atom stereocenters. The number of amides is 1. The normalized spacial score (nSPS) is 25.1. The highest BCUT2D eigenvalue weighted by Crippen LogP contribution is 2.39. The van der Waals surface area contributed by atoms with Gasteiger partial charge in [-0.3, -0.25) is 4.79 Å². The number of carbonyl (C=O) groups excluding carboxylic acids is 1. The van der Waals surface area contributed by atoms with E-state index in [1.54, 1.807) is 0 Å². The van der Waals surface area contributed by atoms with Crippen LogP contribution in [0.3, 0.4) is 0 Å². The van der Waals surface area contributed by atoms with Crippen LogP contribution in [0.2, 0.25) is 0 Å². The lowest BCUT2D eigenvalue weighted by Crippen LogP contribution is -2.41. The first-order valence-corrected chi connectivity index (χ1v) is 5.30. The lowest BCUT2D eigenvalue weighted by Gasteiger charge is -2.23. The highest BCUT2D eigenvalue weighted by Gasteiger charge is 2.43. The average Bonchev–Trinajstić information content (AvgIpc) is 2.78. The number of hydrogen-bond donors (Lipinski definition) is 0. The molecule has 0 saturated heterocycles. The summed E-state index contributed by atoms with van der Waals surface area (Å²) >= 11 is 5.37. The monoisotopic (exact) mass is 243 g/mol. The third-order valence-electron chi connectivity index (χ3n) is 2.46. The van der Waals surface area contributed by atoms with E-state index in [9.17, 15) is 18.0 Å². The van der Waals surface area contributed by atoms with Crippen LogP contribution in [0.1, 0.15) is 13.3 Å². The molecule has 0 bridgehead atoms. The Balaban J connectivity index is 2.53. The molecule has 0 aliphatic heterocycles. The maximum Gasteiger partial charge on any atom is 0.406 e. The van der Waals surface area contributed by atoms with Crippen molar-refractivity contribution < 1.29 is 18.0 Å². The summed E-state index contributed by atoms with van der Waals surface area (Å²) in [5, 5.41) is 0. The SMILES string of the molecule is CC1CC1C(=O)N(CCCl)CC(F)(F)F. The zero-order chi connectivity index (χ0) is 11.6. The van der Waals surface area contributed by atoms with Crippen molar-refractivity contribution in [3.8, 4) is 0 Å². The fourth-order valence-electron chi connectivity index (χ4n) is 1.49. The van der Waals surface area contributed by atoms with Gasteiger partial charge in [0.05, 0.1) is 0 Å². The van der Waals surface area contributed by atoms with Crippen LogP contribution in [0.5, 0.6) is 0 Å². The van der Waals surface area contributed by atoms with Crippen LogP contribution in [0.15, 0.2) is 0 Å². The van der Waals surface area contributed by atoms with Crippen molar-refractivity contribution in [1.82, 2.24) is 4.90 Å². The Morgan fingerprint density at radius 2 is 2.07 bits per heavy atom. The molecule has 0 heterocycles. The first-order valence-electron chi connectivity index (χ1n) is 4.76. The van der Waals surface area contributed by atoms with Crippen LogP contribution in [-0.2, 0) is 4.79 Å². The molecule has 0 aromatic heterocycles. The maximum atomic E-state index is 12.1. The van der Waals surface area contributed by atoms with Crippen LogP contribution in [-0.4, -0.2) is 36.0 Å². The van der Waals surface area contributed by atoms with Crippen molar-refractivity contribution in [3.05, 3.63) is 0 Å². The summed E-state index contributed by atoms with van der Waals surface area (Å²) in [6.07, 6.45) is -3.66. The summed E-state index contributed by atoms with van der Waals surface area (Å²) in [5.74, 6) is -0.400. The molecule has 1 fully saturated rings. The Morgan fingerprint density at radius 3 is 2.40 bits per heavy atom. The summed E-state index contributed by atoms with van der Waals surface area (Å²) in [4.78, 5) is 12.4. The molecular weight excluding hydrogens is 231 g/mol. The minimum absolute atomic E-state index is 0.0307. The van der Waals surface area contributed by atoms with Gasteiger partial charge in [-0.15, -0.1) is 11.6 Å². The molecular formula is C9H13ClF3NO. The van der Waals surface area contributed by atoms with Gasteiger partial charge < -0.3 is 4.90 Å². The minimum atomic E-state index is -4.35. The first kappa shape index (κ1) is 12.6. The van der Waals surface area contributed by atoms with Crippen LogP contribution >= 0.6 is 11.6 Å². The van der Waals surface area contributed by atoms with E-state index in [-0.39, 0.29) is 24.3 Å². The Labute approximate surface area is 91.4 Å². The zero-order valence-corrected chi connectivity index (χ0v) is 9.11. The number of halogens is 4. The number of rotatable bonds is 4. The van der Waals surface area contributed by atoms with E-state index in [2.05, 4.69) is 0 Å². The molecule has 2 nitrogen and oxygen atoms in total. The fourth-order valence-corrected chi connectivity index (χ4v) is 1.69. The fraction of sp³-hybridized carbons (Fsp3) is 0.889. The van der Waals surface area contributed by atoms with Gasteiger partial charge in [-0.05, 0) is 12.3 Å². The molecule has 0 aromatic rings. The van der Waals surface area contributed by atoms with Crippen molar-refractivity contribution in [1.29, 1.82) is 0 Å². The number of hydrogen-bond acceptors (Lipinski definition) is 1. The Hall–Kier alpha value is -0.450. The van der Waals surface area contributed by atoms with Crippen molar-refractivity contribution in [2.24, 2.45) is 11.8 Å². The Morgan fingerprint density at radius 1 is 1.53 bits per heavy atom. The van der Waals surface area contributed by atoms with Crippen molar-refractivity contribution >= 4 is 17.5 Å². The molecule has 15 heavy (non-hydrogen) atoms. The predicted octanol–water partition coefficient (Wildman–Crippen LogP) is 2.27. The quantitative estimate of drug-likeness (QED) is 0.694. The van der Waals surface area contributed by atoms with Crippen molar-refractivity contribution in [2.45, 2.75) is 19.5 Å². The summed E-state index contributed by atoms with van der Waals surface area (Å²) in [5.41, 5.74) is 0. The van der Waals surface area contributed by atoms with Gasteiger partial charge in [-0.1, -0.05) is 6.92 Å². The molecule has 1 aliphatic rings. The van der Waals surface area contributed by atoms with Gasteiger partial charge in [0.1, 0.15) is 6.54 Å². The van der Waals surface area contributed by atoms with Crippen LogP contribution in [0, 0.1) is 11.8 Å². The Kier molecular flexibility index (Phi) is 3.87. The lowest BCUT2D eigenvalue weighted by atomic mass is 10.3. The third-order valence-corrected chi connectivity index (χ3v) is 2.63. The summed E-state index contributed by atoms with van der Waals surface area (Å²) in [6.45, 7) is 0.625. The molecule has 88 valence electrons. The maximum absolute atomic E-state index is 12.1. The molecule has 0 aromatic carbocycles. The standard InChI is InChI=1S/C9H13ClF3NO/c1-6-4-7(6)8(15)14(3-2-10)5-9(11,12)13/h6-7H,2-5H2,1H3. The largest absolute Gasteiger partial charge is 0.406 e. The summed E-state index contributed by atoms with van der Waals surface area (Å²) in [7, 11) is 0. The molecule has 1 amide bonds. The second kappa shape index (κ2) is 4.60. The molecule has 1 saturated carbocycles. The van der Waals surface area contributed by atoms with Crippen molar-refractivity contribution in [3.63, 3.8) is 0 Å². The van der Waals surface area contributed by atoms with E-state index in [0.29, 0.717) is 6.42 Å². The topological polar surface area (TPSA) is 20.3 Å². The summed E-state index contributed by atoms with van der Waals surface area (Å²) < 4.78 is 36.4. The average molecular weight is 244 g/mol. The molecule has 0 spiro atoms. The van der Waals surface area contributed by atoms with Gasteiger partial charge in [0.25, 0.3) is 0 Å².